The van der Waals surface area contributed by atoms with Crippen molar-refractivity contribution in [3.63, 3.8) is 0 Å². The van der Waals surface area contributed by atoms with Crippen LogP contribution in [-0.4, -0.2) is 30.5 Å². The molecule has 0 bridgehead atoms. The van der Waals surface area contributed by atoms with Crippen LogP contribution in [0.25, 0.3) is 0 Å². The molecule has 0 aliphatic heterocycles. The molecule has 0 radical (unpaired) electrons. The lowest BCUT2D eigenvalue weighted by Crippen LogP contribution is -2.45. The van der Waals surface area contributed by atoms with E-state index in [1.165, 1.54) is 0 Å². The number of alkyl halides is 5. The Morgan fingerprint density at radius 1 is 1.14 bits per heavy atom. The van der Waals surface area contributed by atoms with Gasteiger partial charge in [0.1, 0.15) is 6.61 Å². The first-order chi connectivity index (χ1) is 6.09. The van der Waals surface area contributed by atoms with Crippen molar-refractivity contribution >= 4 is 11.8 Å². The summed E-state index contributed by atoms with van der Waals surface area (Å²) in [7, 11) is 0. The number of ether oxygens (including phenoxy) is 1. The first kappa shape index (κ1) is 12.8. The minimum absolute atomic E-state index is 0.837. The number of carbonyl (C=O) groups is 2. The summed E-state index contributed by atoms with van der Waals surface area (Å²) < 4.78 is 62.0. The molecule has 0 spiro atoms. The summed E-state index contributed by atoms with van der Waals surface area (Å²) in [6.07, 6.45) is -6.01. The molecule has 3 nitrogen and oxygen atoms in total. The van der Waals surface area contributed by atoms with Gasteiger partial charge in [0.2, 0.25) is 0 Å². The fourth-order valence-corrected chi connectivity index (χ4v) is 0.374. The average Bonchev–Trinajstić information content (AvgIpc) is 1.97. The Balaban J connectivity index is 4.45. The first-order valence-corrected chi connectivity index (χ1v) is 3.20. The van der Waals surface area contributed by atoms with Gasteiger partial charge >= 0.3 is 18.1 Å². The Kier molecular flexibility index (Phi) is 3.55. The van der Waals surface area contributed by atoms with Gasteiger partial charge in [-0.3, -0.25) is 4.79 Å². The van der Waals surface area contributed by atoms with E-state index in [4.69, 9.17) is 0 Å². The lowest BCUT2D eigenvalue weighted by molar-refractivity contribution is -0.280. The van der Waals surface area contributed by atoms with Gasteiger partial charge in [-0.15, -0.1) is 0 Å². The number of halogens is 5. The van der Waals surface area contributed by atoms with E-state index in [0.717, 1.165) is 6.92 Å². The summed E-state index contributed by atoms with van der Waals surface area (Å²) in [5, 5.41) is 0. The third-order valence-corrected chi connectivity index (χ3v) is 1.02. The molecule has 0 aliphatic rings. The molecule has 0 rings (SSSR count). The number of esters is 1. The zero-order chi connectivity index (χ0) is 11.6. The van der Waals surface area contributed by atoms with Gasteiger partial charge in [-0.2, -0.15) is 22.0 Å². The first-order valence-electron chi connectivity index (χ1n) is 3.20. The van der Waals surface area contributed by atoms with Crippen molar-refractivity contribution in [2.45, 2.75) is 19.0 Å². The predicted octanol–water partition coefficient (Wildman–Crippen LogP) is 1.32. The van der Waals surface area contributed by atoms with Crippen LogP contribution in [0.2, 0.25) is 0 Å². The Morgan fingerprint density at radius 3 is 1.86 bits per heavy atom. The maximum Gasteiger partial charge on any atom is 0.465 e. The SMILES string of the molecule is CC(=O)COC(=O)C(F)(F)C(F)(F)F. The molecule has 0 aromatic carbocycles. The van der Waals surface area contributed by atoms with Crippen LogP contribution in [0.1, 0.15) is 6.92 Å². The highest BCUT2D eigenvalue weighted by molar-refractivity contribution is 5.83. The van der Waals surface area contributed by atoms with Crippen LogP contribution in [0.4, 0.5) is 22.0 Å². The molecule has 0 N–H and O–H groups in total. The van der Waals surface area contributed by atoms with E-state index in [0.29, 0.717) is 0 Å². The molecule has 0 aromatic heterocycles. The predicted molar refractivity (Wildman–Crippen MR) is 32.6 cm³/mol. The summed E-state index contributed by atoms with van der Waals surface area (Å²) in [4.78, 5) is 20.3. The molecule has 0 aromatic rings. The number of hydrogen-bond acceptors (Lipinski definition) is 3. The fraction of sp³-hybridized carbons (Fsp3) is 0.667. The number of hydrogen-bond donors (Lipinski definition) is 0. The molecule has 82 valence electrons. The van der Waals surface area contributed by atoms with Crippen LogP contribution >= 0.6 is 0 Å². The third kappa shape index (κ3) is 2.93. The molecular weight excluding hydrogens is 215 g/mol. The van der Waals surface area contributed by atoms with Crippen molar-refractivity contribution in [2.24, 2.45) is 0 Å². The molecule has 0 aliphatic carbocycles. The van der Waals surface area contributed by atoms with E-state index in [2.05, 4.69) is 4.74 Å². The smallest absolute Gasteiger partial charge is 0.453 e. The summed E-state index contributed by atoms with van der Waals surface area (Å²) >= 11 is 0. The molecule has 0 heterocycles. The van der Waals surface area contributed by atoms with E-state index in [-0.39, 0.29) is 0 Å². The van der Waals surface area contributed by atoms with Gasteiger partial charge < -0.3 is 4.74 Å². The fourth-order valence-electron chi connectivity index (χ4n) is 0.374. The van der Waals surface area contributed by atoms with Gasteiger partial charge in [0.25, 0.3) is 0 Å². The third-order valence-electron chi connectivity index (χ3n) is 1.02. The molecule has 0 fully saturated rings. The molecule has 0 atom stereocenters. The van der Waals surface area contributed by atoms with Crippen LogP contribution in [-0.2, 0) is 14.3 Å². The van der Waals surface area contributed by atoms with Crippen molar-refractivity contribution in [2.75, 3.05) is 6.61 Å². The number of rotatable bonds is 3. The second-order valence-corrected chi connectivity index (χ2v) is 2.35. The van der Waals surface area contributed by atoms with Crippen molar-refractivity contribution in [3.8, 4) is 0 Å². The van der Waals surface area contributed by atoms with E-state index >= 15 is 0 Å². The number of Topliss-reactive ketones (excluding diaryl/α,β-unsaturated/α-hetero) is 1. The largest absolute Gasteiger partial charge is 0.465 e. The maximum atomic E-state index is 12.1. The number of carbonyl (C=O) groups excluding carboxylic acids is 2. The van der Waals surface area contributed by atoms with Gasteiger partial charge in [-0.05, 0) is 6.92 Å². The quantitative estimate of drug-likeness (QED) is 0.532. The Morgan fingerprint density at radius 2 is 1.57 bits per heavy atom. The zero-order valence-corrected chi connectivity index (χ0v) is 6.82. The minimum atomic E-state index is -6.01. The van der Waals surface area contributed by atoms with Crippen molar-refractivity contribution in [1.82, 2.24) is 0 Å². The standard InChI is InChI=1S/C6H5F5O3/c1-3(12)2-14-4(13)5(7,8)6(9,10)11/h2H2,1H3. The average molecular weight is 220 g/mol. The Bertz CT molecular complexity index is 244. The topological polar surface area (TPSA) is 43.4 Å². The highest BCUT2D eigenvalue weighted by Crippen LogP contribution is 2.36. The van der Waals surface area contributed by atoms with Crippen LogP contribution in [0.3, 0.4) is 0 Å². The highest BCUT2D eigenvalue weighted by atomic mass is 19.4. The minimum Gasteiger partial charge on any atom is -0.453 e. The second kappa shape index (κ2) is 3.89. The molecule has 14 heavy (non-hydrogen) atoms. The summed E-state index contributed by atoms with van der Waals surface area (Å²) in [5.41, 5.74) is 0. The maximum absolute atomic E-state index is 12.1. The van der Waals surface area contributed by atoms with Crippen LogP contribution in [0.15, 0.2) is 0 Å². The van der Waals surface area contributed by atoms with Crippen molar-refractivity contribution in [1.29, 1.82) is 0 Å². The molecule has 0 amide bonds. The zero-order valence-electron chi connectivity index (χ0n) is 6.82. The Labute approximate surface area is 74.8 Å². The molecular formula is C6H5F5O3. The Hall–Kier alpha value is -1.21. The van der Waals surface area contributed by atoms with Gasteiger partial charge in [0.15, 0.2) is 5.78 Å². The highest BCUT2D eigenvalue weighted by Gasteiger charge is 2.64. The lowest BCUT2D eigenvalue weighted by atomic mass is 10.3. The van der Waals surface area contributed by atoms with Gasteiger partial charge in [-0.1, -0.05) is 0 Å². The van der Waals surface area contributed by atoms with Gasteiger partial charge in [-0.25, -0.2) is 4.79 Å². The molecule has 0 saturated heterocycles. The second-order valence-electron chi connectivity index (χ2n) is 2.35. The van der Waals surface area contributed by atoms with Gasteiger partial charge in [0, 0.05) is 0 Å². The van der Waals surface area contributed by atoms with Crippen molar-refractivity contribution in [3.05, 3.63) is 0 Å². The van der Waals surface area contributed by atoms with Crippen LogP contribution in [0.5, 0.6) is 0 Å². The van der Waals surface area contributed by atoms with Crippen molar-refractivity contribution < 1.29 is 36.3 Å². The van der Waals surface area contributed by atoms with E-state index in [1.54, 1.807) is 0 Å². The summed E-state index contributed by atoms with van der Waals surface area (Å²) in [5.74, 6) is -9.20. The van der Waals surface area contributed by atoms with E-state index in [1.807, 2.05) is 0 Å². The summed E-state index contributed by atoms with van der Waals surface area (Å²) in [6.45, 7) is -0.233. The van der Waals surface area contributed by atoms with Gasteiger partial charge in [0.05, 0.1) is 0 Å². The normalized spacial score (nSPS) is 12.4. The summed E-state index contributed by atoms with van der Waals surface area (Å²) in [6, 6.07) is 0. The molecule has 0 unspecified atom stereocenters. The van der Waals surface area contributed by atoms with Crippen LogP contribution in [0, 0.1) is 0 Å². The number of ketones is 1. The molecule has 8 heteroatoms. The molecule has 0 saturated carbocycles. The lowest BCUT2D eigenvalue weighted by Gasteiger charge is -2.17. The van der Waals surface area contributed by atoms with E-state index < -0.39 is 30.5 Å². The van der Waals surface area contributed by atoms with E-state index in [9.17, 15) is 31.5 Å². The monoisotopic (exact) mass is 220 g/mol. The van der Waals surface area contributed by atoms with Crippen LogP contribution < -0.4 is 0 Å².